The van der Waals surface area contributed by atoms with E-state index in [-0.39, 0.29) is 0 Å². The molecular weight excluding hydrogens is 312 g/mol. The Morgan fingerprint density at radius 1 is 1.39 bits per heavy atom. The van der Waals surface area contributed by atoms with Gasteiger partial charge in [0.2, 0.25) is 0 Å². The van der Waals surface area contributed by atoms with E-state index < -0.39 is 0 Å². The van der Waals surface area contributed by atoms with Crippen molar-refractivity contribution in [1.82, 2.24) is 0 Å². The van der Waals surface area contributed by atoms with Crippen molar-refractivity contribution in [2.75, 3.05) is 5.33 Å². The Bertz CT molecular complexity index is 383. The molecule has 0 aromatic heterocycles. The van der Waals surface area contributed by atoms with Crippen molar-refractivity contribution >= 4 is 27.5 Å². The van der Waals surface area contributed by atoms with Gasteiger partial charge in [-0.05, 0) is 50.2 Å². The van der Waals surface area contributed by atoms with Crippen molar-refractivity contribution in [2.45, 2.75) is 44.8 Å². The lowest BCUT2D eigenvalue weighted by Gasteiger charge is -2.19. The highest BCUT2D eigenvalue weighted by Crippen LogP contribution is 2.28. The maximum atomic E-state index is 6.22. The predicted octanol–water partition coefficient (Wildman–Crippen LogP) is 4.85. The third kappa shape index (κ3) is 3.97. The summed E-state index contributed by atoms with van der Waals surface area (Å²) in [5, 5.41) is 1.89. The van der Waals surface area contributed by atoms with Gasteiger partial charge < -0.3 is 4.74 Å². The summed E-state index contributed by atoms with van der Waals surface area (Å²) < 4.78 is 5.91. The summed E-state index contributed by atoms with van der Waals surface area (Å²) in [6, 6.07) is 8.13. The summed E-state index contributed by atoms with van der Waals surface area (Å²) in [6.07, 6.45) is 5.43. The normalized spacial score (nSPS) is 25.3. The first-order valence-corrected chi connectivity index (χ1v) is 8.13. The molecule has 2 rings (SSSR count). The number of benzene rings is 1. The Labute approximate surface area is 123 Å². The van der Waals surface area contributed by atoms with Crippen molar-refractivity contribution in [2.24, 2.45) is 5.92 Å². The Kier molecular flexibility index (Phi) is 5.53. The van der Waals surface area contributed by atoms with E-state index in [1.165, 1.54) is 18.4 Å². The maximum Gasteiger partial charge on any atom is 0.0582 e. The molecule has 1 aliphatic rings. The predicted molar refractivity (Wildman–Crippen MR) is 80.6 cm³/mol. The number of alkyl halides is 1. The van der Waals surface area contributed by atoms with Gasteiger partial charge in [0.05, 0.1) is 12.2 Å². The molecule has 3 unspecified atom stereocenters. The first-order chi connectivity index (χ1) is 8.69. The Hall–Kier alpha value is -0.0500. The standard InChI is InChI=1S/C15H20BrClO/c1-11-6-7-14(18-11)9-12(10-16)8-13-4-2-3-5-15(13)17/h2-5,11-12,14H,6-10H2,1H3. The summed E-state index contributed by atoms with van der Waals surface area (Å²) >= 11 is 9.84. The summed E-state index contributed by atoms with van der Waals surface area (Å²) in [4.78, 5) is 0. The average molecular weight is 332 g/mol. The highest BCUT2D eigenvalue weighted by atomic mass is 79.9. The Morgan fingerprint density at radius 3 is 2.78 bits per heavy atom. The van der Waals surface area contributed by atoms with E-state index in [2.05, 4.69) is 35.0 Å². The van der Waals surface area contributed by atoms with Gasteiger partial charge in [-0.25, -0.2) is 0 Å². The minimum atomic E-state index is 0.435. The van der Waals surface area contributed by atoms with Crippen molar-refractivity contribution < 1.29 is 4.74 Å². The smallest absolute Gasteiger partial charge is 0.0582 e. The van der Waals surface area contributed by atoms with E-state index in [4.69, 9.17) is 16.3 Å². The molecule has 0 bridgehead atoms. The van der Waals surface area contributed by atoms with Crippen LogP contribution in [0.1, 0.15) is 31.7 Å². The zero-order valence-corrected chi connectivity index (χ0v) is 13.1. The SMILES string of the molecule is CC1CCC(CC(CBr)Cc2ccccc2Cl)O1. The van der Waals surface area contributed by atoms with E-state index >= 15 is 0 Å². The highest BCUT2D eigenvalue weighted by Gasteiger charge is 2.24. The largest absolute Gasteiger partial charge is 0.375 e. The van der Waals surface area contributed by atoms with Crippen molar-refractivity contribution in [3.8, 4) is 0 Å². The molecule has 0 saturated carbocycles. The van der Waals surface area contributed by atoms with Crippen molar-refractivity contribution in [3.05, 3.63) is 34.9 Å². The number of ether oxygens (including phenoxy) is 1. The molecule has 0 aliphatic carbocycles. The number of halogens is 2. The van der Waals surface area contributed by atoms with E-state index in [0.717, 1.165) is 23.2 Å². The molecule has 0 radical (unpaired) electrons. The van der Waals surface area contributed by atoms with Crippen LogP contribution < -0.4 is 0 Å². The Morgan fingerprint density at radius 2 is 2.17 bits per heavy atom. The van der Waals surface area contributed by atoms with Crippen LogP contribution in [0.3, 0.4) is 0 Å². The second kappa shape index (κ2) is 6.93. The summed E-state index contributed by atoms with van der Waals surface area (Å²) in [5.41, 5.74) is 1.25. The summed E-state index contributed by atoms with van der Waals surface area (Å²) in [7, 11) is 0. The molecule has 3 atom stereocenters. The van der Waals surface area contributed by atoms with Gasteiger partial charge in [0.1, 0.15) is 0 Å². The van der Waals surface area contributed by atoms with Gasteiger partial charge in [-0.1, -0.05) is 45.7 Å². The number of hydrogen-bond acceptors (Lipinski definition) is 1. The molecule has 0 N–H and O–H groups in total. The molecule has 1 fully saturated rings. The number of rotatable bonds is 5. The average Bonchev–Trinajstić information content (AvgIpc) is 2.76. The molecular formula is C15H20BrClO. The molecule has 1 aromatic carbocycles. The van der Waals surface area contributed by atoms with Gasteiger partial charge >= 0.3 is 0 Å². The van der Waals surface area contributed by atoms with Gasteiger partial charge in [-0.15, -0.1) is 0 Å². The second-order valence-corrected chi connectivity index (χ2v) is 6.25. The van der Waals surface area contributed by atoms with E-state index in [0.29, 0.717) is 18.1 Å². The topological polar surface area (TPSA) is 9.23 Å². The van der Waals surface area contributed by atoms with Gasteiger partial charge in [-0.3, -0.25) is 0 Å². The molecule has 1 nitrogen and oxygen atoms in total. The molecule has 0 spiro atoms. The fourth-order valence-corrected chi connectivity index (χ4v) is 3.31. The van der Waals surface area contributed by atoms with E-state index in [9.17, 15) is 0 Å². The van der Waals surface area contributed by atoms with Crippen LogP contribution in [0.4, 0.5) is 0 Å². The third-order valence-electron chi connectivity index (χ3n) is 3.60. The van der Waals surface area contributed by atoms with Crippen molar-refractivity contribution in [1.29, 1.82) is 0 Å². The van der Waals surface area contributed by atoms with Crippen LogP contribution in [0.5, 0.6) is 0 Å². The quantitative estimate of drug-likeness (QED) is 0.701. The summed E-state index contributed by atoms with van der Waals surface area (Å²) in [6.45, 7) is 2.16. The van der Waals surface area contributed by atoms with E-state index in [1.54, 1.807) is 0 Å². The molecule has 0 amide bonds. The zero-order valence-electron chi connectivity index (χ0n) is 10.7. The molecule has 3 heteroatoms. The fraction of sp³-hybridized carbons (Fsp3) is 0.600. The first-order valence-electron chi connectivity index (χ1n) is 6.64. The van der Waals surface area contributed by atoms with Crippen LogP contribution in [0.15, 0.2) is 24.3 Å². The van der Waals surface area contributed by atoms with E-state index in [1.807, 2.05) is 12.1 Å². The van der Waals surface area contributed by atoms with Crippen LogP contribution in [-0.4, -0.2) is 17.5 Å². The lowest BCUT2D eigenvalue weighted by molar-refractivity contribution is 0.0428. The highest BCUT2D eigenvalue weighted by molar-refractivity contribution is 9.09. The Balaban J connectivity index is 1.91. The second-order valence-electron chi connectivity index (χ2n) is 5.20. The monoisotopic (exact) mass is 330 g/mol. The van der Waals surface area contributed by atoms with Gasteiger partial charge in [0, 0.05) is 10.4 Å². The minimum Gasteiger partial charge on any atom is -0.375 e. The molecule has 1 heterocycles. The zero-order chi connectivity index (χ0) is 13.0. The van der Waals surface area contributed by atoms with Crippen LogP contribution in [0.2, 0.25) is 5.02 Å². The first kappa shape index (κ1) is 14.4. The molecule has 100 valence electrons. The van der Waals surface area contributed by atoms with Crippen LogP contribution in [0, 0.1) is 5.92 Å². The van der Waals surface area contributed by atoms with Gasteiger partial charge in [0.25, 0.3) is 0 Å². The van der Waals surface area contributed by atoms with Crippen LogP contribution in [-0.2, 0) is 11.2 Å². The van der Waals surface area contributed by atoms with Crippen molar-refractivity contribution in [3.63, 3.8) is 0 Å². The van der Waals surface area contributed by atoms with Gasteiger partial charge in [0.15, 0.2) is 0 Å². The molecule has 1 aliphatic heterocycles. The van der Waals surface area contributed by atoms with Gasteiger partial charge in [-0.2, -0.15) is 0 Å². The summed E-state index contributed by atoms with van der Waals surface area (Å²) in [5.74, 6) is 0.597. The lowest BCUT2D eigenvalue weighted by atomic mass is 9.94. The minimum absolute atomic E-state index is 0.435. The number of hydrogen-bond donors (Lipinski definition) is 0. The van der Waals surface area contributed by atoms with Crippen LogP contribution in [0.25, 0.3) is 0 Å². The third-order valence-corrected chi connectivity index (χ3v) is 4.89. The maximum absolute atomic E-state index is 6.22. The van der Waals surface area contributed by atoms with Crippen LogP contribution >= 0.6 is 27.5 Å². The fourth-order valence-electron chi connectivity index (χ4n) is 2.61. The lowest BCUT2D eigenvalue weighted by Crippen LogP contribution is -2.17. The molecule has 18 heavy (non-hydrogen) atoms. The molecule has 1 saturated heterocycles. The molecule has 1 aromatic rings.